The van der Waals surface area contributed by atoms with Gasteiger partial charge in [-0.05, 0) is 68.0 Å². The number of aromatic amines is 1. The van der Waals surface area contributed by atoms with E-state index in [1.165, 1.54) is 22.7 Å². The molecule has 0 aliphatic heterocycles. The molecule has 0 saturated carbocycles. The van der Waals surface area contributed by atoms with Gasteiger partial charge in [0.1, 0.15) is 0 Å². The first-order valence-electron chi connectivity index (χ1n) is 7.74. The van der Waals surface area contributed by atoms with Gasteiger partial charge >= 0.3 is 0 Å². The van der Waals surface area contributed by atoms with Crippen LogP contribution in [-0.2, 0) is 23.9 Å². The normalized spacial score (nSPS) is 15.6. The lowest BCUT2D eigenvalue weighted by Gasteiger charge is -2.09. The average Bonchev–Trinajstić information content (AvgIpc) is 2.92. The highest BCUT2D eigenvalue weighted by atomic mass is 32.2. The third-order valence-electron chi connectivity index (χ3n) is 4.26. The molecule has 3 atom stereocenters. The zero-order chi connectivity index (χ0) is 16.1. The van der Waals surface area contributed by atoms with Crippen molar-refractivity contribution in [2.45, 2.75) is 44.8 Å². The summed E-state index contributed by atoms with van der Waals surface area (Å²) in [7, 11) is 0. The third kappa shape index (κ3) is 4.05. The number of fused-ring (bicyclic) bond motifs is 1. The minimum absolute atomic E-state index is 0.205. The van der Waals surface area contributed by atoms with Crippen molar-refractivity contribution in [1.82, 2.24) is 4.98 Å². The molecule has 3 N–H and O–H groups in total. The van der Waals surface area contributed by atoms with Crippen LogP contribution in [0.4, 0.5) is 0 Å². The number of H-pyrrole nitrogens is 1. The topological polar surface area (TPSA) is 76.9 Å². The first kappa shape index (κ1) is 16.9. The number of hydrogen-bond donors (Lipinski definition) is 3. The Morgan fingerprint density at radius 1 is 1.45 bits per heavy atom. The Morgan fingerprint density at radius 3 is 2.86 bits per heavy atom. The molecule has 0 bridgehead atoms. The van der Waals surface area contributed by atoms with Gasteiger partial charge in [0.25, 0.3) is 0 Å². The summed E-state index contributed by atoms with van der Waals surface area (Å²) in [5, 5.41) is 8.48. The molecule has 4 nitrogen and oxygen atoms in total. The van der Waals surface area contributed by atoms with Crippen LogP contribution >= 0.6 is 0 Å². The van der Waals surface area contributed by atoms with E-state index in [2.05, 4.69) is 30.1 Å². The van der Waals surface area contributed by atoms with Crippen LogP contribution in [0.1, 0.15) is 37.8 Å². The molecule has 1 unspecified atom stereocenters. The van der Waals surface area contributed by atoms with Crippen LogP contribution in [0.25, 0.3) is 10.9 Å². The van der Waals surface area contributed by atoms with Crippen LogP contribution in [0, 0.1) is 11.3 Å². The number of aryl methyl sites for hydroxylation is 1. The monoisotopic (exact) mass is 320 g/mol. The van der Waals surface area contributed by atoms with Crippen LogP contribution in [0.3, 0.4) is 0 Å². The summed E-state index contributed by atoms with van der Waals surface area (Å²) in [4.78, 5) is 3.29. The zero-order valence-corrected chi connectivity index (χ0v) is 14.0. The summed E-state index contributed by atoms with van der Waals surface area (Å²) in [6.45, 7) is 3.90. The van der Waals surface area contributed by atoms with Crippen LogP contribution in [0.5, 0.6) is 0 Å². The van der Waals surface area contributed by atoms with E-state index in [9.17, 15) is 4.21 Å². The van der Waals surface area contributed by atoms with Gasteiger partial charge in [0.05, 0.1) is 5.25 Å². The molecule has 1 aromatic carbocycles. The molecule has 1 heterocycles. The van der Waals surface area contributed by atoms with Gasteiger partial charge in [-0.15, -0.1) is 0 Å². The summed E-state index contributed by atoms with van der Waals surface area (Å²) >= 11 is -1.75. The third-order valence-corrected chi connectivity index (χ3v) is 5.18. The first-order chi connectivity index (χ1) is 10.5. The second kappa shape index (κ2) is 7.70. The molecular formula is C17H24N2O2S. The molecule has 5 heteroatoms. The molecule has 0 fully saturated rings. The molecule has 0 spiro atoms. The van der Waals surface area contributed by atoms with Crippen molar-refractivity contribution in [1.29, 1.82) is 5.41 Å². The van der Waals surface area contributed by atoms with Gasteiger partial charge in [0.15, 0.2) is 11.1 Å². The largest absolute Gasteiger partial charge is 0.361 e. The quantitative estimate of drug-likeness (QED) is 0.509. The first-order valence-corrected chi connectivity index (χ1v) is 8.91. The molecule has 120 valence electrons. The highest BCUT2D eigenvalue weighted by molar-refractivity contribution is 7.79. The Labute approximate surface area is 134 Å². The lowest BCUT2D eigenvalue weighted by Crippen LogP contribution is -2.10. The number of nitrogens with one attached hydrogen (secondary N) is 2. The molecular weight excluding hydrogens is 296 g/mol. The van der Waals surface area contributed by atoms with Gasteiger partial charge in [-0.2, -0.15) is 0 Å². The highest BCUT2D eigenvalue weighted by Gasteiger charge is 2.11. The average molecular weight is 320 g/mol. The molecule has 0 aliphatic rings. The van der Waals surface area contributed by atoms with Crippen molar-refractivity contribution in [3.63, 3.8) is 0 Å². The summed E-state index contributed by atoms with van der Waals surface area (Å²) in [5.41, 5.74) is 3.54. The number of hydrogen-bond acceptors (Lipinski definition) is 2. The minimum atomic E-state index is -1.75. The van der Waals surface area contributed by atoms with Crippen molar-refractivity contribution in [2.75, 3.05) is 0 Å². The number of rotatable bonds is 8. The maximum atomic E-state index is 11.0. The van der Waals surface area contributed by atoms with Crippen molar-refractivity contribution >= 4 is 28.2 Å². The summed E-state index contributed by atoms with van der Waals surface area (Å²) in [5.74, 6) is 0.277. The van der Waals surface area contributed by atoms with Crippen molar-refractivity contribution in [3.8, 4) is 0 Å². The van der Waals surface area contributed by atoms with E-state index in [0.29, 0.717) is 6.42 Å². The van der Waals surface area contributed by atoms with E-state index in [-0.39, 0.29) is 11.2 Å². The molecule has 0 radical (unpaired) electrons. The summed E-state index contributed by atoms with van der Waals surface area (Å²) in [6, 6.07) is 6.31. The minimum Gasteiger partial charge on any atom is -0.361 e. The molecule has 22 heavy (non-hydrogen) atoms. The lowest BCUT2D eigenvalue weighted by atomic mass is 9.96. The fourth-order valence-electron chi connectivity index (χ4n) is 2.62. The van der Waals surface area contributed by atoms with Gasteiger partial charge in [0, 0.05) is 17.1 Å². The summed E-state index contributed by atoms with van der Waals surface area (Å²) in [6.07, 6.45) is 6.91. The smallest absolute Gasteiger partial charge is 0.155 e. The predicted molar refractivity (Wildman–Crippen MR) is 93.1 cm³/mol. The fourth-order valence-corrected chi connectivity index (χ4v) is 2.94. The van der Waals surface area contributed by atoms with Gasteiger partial charge in [-0.3, -0.25) is 0 Å². The van der Waals surface area contributed by atoms with E-state index in [1.54, 1.807) is 6.92 Å². The van der Waals surface area contributed by atoms with Crippen molar-refractivity contribution in [3.05, 3.63) is 35.5 Å². The molecule has 0 saturated heterocycles. The van der Waals surface area contributed by atoms with Crippen molar-refractivity contribution < 1.29 is 8.76 Å². The van der Waals surface area contributed by atoms with E-state index in [4.69, 9.17) is 9.96 Å². The Bertz CT molecular complexity index is 666. The molecule has 2 rings (SSSR count). The second-order valence-electron chi connectivity index (χ2n) is 5.86. The zero-order valence-electron chi connectivity index (χ0n) is 13.1. The summed E-state index contributed by atoms with van der Waals surface area (Å²) < 4.78 is 20.1. The lowest BCUT2D eigenvalue weighted by molar-refractivity contribution is 0.545. The van der Waals surface area contributed by atoms with Crippen molar-refractivity contribution in [2.24, 2.45) is 5.92 Å². The van der Waals surface area contributed by atoms with Gasteiger partial charge < -0.3 is 14.9 Å². The van der Waals surface area contributed by atoms with Crippen LogP contribution in [0.2, 0.25) is 0 Å². The van der Waals surface area contributed by atoms with E-state index in [1.807, 2.05) is 6.20 Å². The Hall–Kier alpha value is -1.46. The standard InChI is InChI=1S/C17H24N2O2S/c1-3-13(10-18)8-15-11-19-17-7-6-14(9-16(15)17)5-4-12(2)22(20)21/h6-7,9-13,18-19H,3-5,8H2,1-2H3,(H,20,21)/t12-,13-/m1/s1. The fraction of sp³-hybridized carbons (Fsp3) is 0.471. The van der Waals surface area contributed by atoms with Crippen LogP contribution < -0.4 is 0 Å². The van der Waals surface area contributed by atoms with Gasteiger partial charge in [-0.25, -0.2) is 4.21 Å². The highest BCUT2D eigenvalue weighted by Crippen LogP contribution is 2.24. The predicted octanol–water partition coefficient (Wildman–Crippen LogP) is 3.93. The molecule has 2 aromatic rings. The Kier molecular flexibility index (Phi) is 5.91. The number of benzene rings is 1. The molecule has 0 amide bonds. The maximum Gasteiger partial charge on any atom is 0.155 e. The Balaban J connectivity index is 2.17. The van der Waals surface area contributed by atoms with E-state index < -0.39 is 11.1 Å². The maximum absolute atomic E-state index is 11.0. The SMILES string of the molecule is CC[C@@H](C=N)Cc1c[nH]c2ccc(CC[C@@H](C)S(=O)O)cc12. The van der Waals surface area contributed by atoms with Crippen LogP contribution in [-0.4, -0.2) is 25.2 Å². The van der Waals surface area contributed by atoms with E-state index in [0.717, 1.165) is 24.8 Å². The van der Waals surface area contributed by atoms with Gasteiger partial charge in [-0.1, -0.05) is 13.0 Å². The van der Waals surface area contributed by atoms with Crippen LogP contribution in [0.15, 0.2) is 24.4 Å². The Morgan fingerprint density at radius 2 is 2.23 bits per heavy atom. The van der Waals surface area contributed by atoms with E-state index >= 15 is 0 Å². The second-order valence-corrected chi connectivity index (χ2v) is 7.22. The molecule has 1 aromatic heterocycles. The number of aromatic nitrogens is 1. The van der Waals surface area contributed by atoms with Gasteiger partial charge in [0.2, 0.25) is 0 Å². The molecule has 0 aliphatic carbocycles.